The van der Waals surface area contributed by atoms with E-state index in [4.69, 9.17) is 4.74 Å². The van der Waals surface area contributed by atoms with E-state index in [0.717, 1.165) is 30.5 Å². The van der Waals surface area contributed by atoms with Gasteiger partial charge in [0.25, 0.3) is 0 Å². The Morgan fingerprint density at radius 2 is 1.91 bits per heavy atom. The lowest BCUT2D eigenvalue weighted by Gasteiger charge is -2.36. The Kier molecular flexibility index (Phi) is 6.33. The summed E-state index contributed by atoms with van der Waals surface area (Å²) in [5.41, 5.74) is 0.828. The molecule has 126 valence electrons. The first-order chi connectivity index (χ1) is 11.0. The molecular formula is C17H25NO4Si. The van der Waals surface area contributed by atoms with Gasteiger partial charge in [0.05, 0.1) is 14.5 Å². The highest BCUT2D eigenvalue weighted by Crippen LogP contribution is 2.39. The van der Waals surface area contributed by atoms with Gasteiger partial charge in [-0.2, -0.15) is 0 Å². The zero-order valence-electron chi connectivity index (χ0n) is 13.7. The minimum atomic E-state index is -1.74. The van der Waals surface area contributed by atoms with Crippen LogP contribution in [-0.4, -0.2) is 25.5 Å². The van der Waals surface area contributed by atoms with Crippen molar-refractivity contribution in [2.75, 3.05) is 6.54 Å². The predicted molar refractivity (Wildman–Crippen MR) is 91.5 cm³/mol. The van der Waals surface area contributed by atoms with Crippen molar-refractivity contribution in [3.63, 3.8) is 0 Å². The number of ether oxygens (including phenoxy) is 1. The van der Waals surface area contributed by atoms with Crippen molar-refractivity contribution in [1.82, 2.24) is 0 Å². The fraction of sp³-hybridized carbons (Fsp3) is 0.588. The van der Waals surface area contributed by atoms with E-state index in [2.05, 4.69) is 6.55 Å². The molecule has 0 bridgehead atoms. The minimum absolute atomic E-state index is 0.0941. The topological polar surface area (TPSA) is 69.4 Å². The molecule has 1 atom stereocenters. The van der Waals surface area contributed by atoms with Crippen molar-refractivity contribution in [2.45, 2.75) is 56.5 Å². The number of rotatable bonds is 7. The van der Waals surface area contributed by atoms with Gasteiger partial charge in [0.1, 0.15) is 6.61 Å². The van der Waals surface area contributed by atoms with E-state index in [1.54, 1.807) is 0 Å². The number of carbonyl (C=O) groups is 1. The number of nitrogens with zero attached hydrogens (tertiary/aromatic N) is 1. The van der Waals surface area contributed by atoms with Gasteiger partial charge in [0.2, 0.25) is 6.54 Å². The van der Waals surface area contributed by atoms with E-state index in [9.17, 15) is 14.9 Å². The third kappa shape index (κ3) is 5.46. The van der Waals surface area contributed by atoms with E-state index in [0.29, 0.717) is 0 Å². The standard InChI is InChI=1S/C17H25NO4Si/c1-23(10-6-3-7-11-23)16(13-18(20)21)12-17(19)22-14-15-8-4-2-5-9-15/h2,4-5,8-9,16H,3,6-7,10-14H2,1H3. The lowest BCUT2D eigenvalue weighted by molar-refractivity contribution is -0.480. The molecule has 1 fully saturated rings. The maximum atomic E-state index is 12.2. The minimum Gasteiger partial charge on any atom is -0.461 e. The number of hydrogen-bond acceptors (Lipinski definition) is 4. The Morgan fingerprint density at radius 1 is 1.26 bits per heavy atom. The van der Waals surface area contributed by atoms with Gasteiger partial charge in [-0.05, 0) is 5.56 Å². The largest absolute Gasteiger partial charge is 0.461 e. The van der Waals surface area contributed by atoms with Crippen molar-refractivity contribution >= 4 is 14.0 Å². The van der Waals surface area contributed by atoms with Gasteiger partial charge in [0.15, 0.2) is 0 Å². The molecule has 23 heavy (non-hydrogen) atoms. The van der Waals surface area contributed by atoms with Crippen molar-refractivity contribution in [1.29, 1.82) is 0 Å². The summed E-state index contributed by atoms with van der Waals surface area (Å²) in [5.74, 6) is -0.306. The average molecular weight is 335 g/mol. The third-order valence-electron chi connectivity index (χ3n) is 5.01. The highest BCUT2D eigenvalue weighted by Gasteiger charge is 2.41. The lowest BCUT2D eigenvalue weighted by atomic mass is 10.2. The van der Waals surface area contributed by atoms with Crippen LogP contribution in [0.3, 0.4) is 0 Å². The number of nitro groups is 1. The van der Waals surface area contributed by atoms with Gasteiger partial charge in [-0.15, -0.1) is 0 Å². The van der Waals surface area contributed by atoms with Crippen LogP contribution in [0.5, 0.6) is 0 Å². The Balaban J connectivity index is 1.93. The van der Waals surface area contributed by atoms with Crippen LogP contribution in [-0.2, 0) is 16.1 Å². The fourth-order valence-corrected chi connectivity index (χ4v) is 7.91. The molecule has 1 unspecified atom stereocenters. The zero-order valence-corrected chi connectivity index (χ0v) is 14.7. The molecule has 0 spiro atoms. The first-order valence-corrected chi connectivity index (χ1v) is 11.3. The van der Waals surface area contributed by atoms with Crippen LogP contribution in [0.1, 0.15) is 31.2 Å². The van der Waals surface area contributed by atoms with E-state index >= 15 is 0 Å². The first-order valence-electron chi connectivity index (χ1n) is 8.31. The molecule has 1 aromatic rings. The summed E-state index contributed by atoms with van der Waals surface area (Å²) in [6.07, 6.45) is 3.70. The summed E-state index contributed by atoms with van der Waals surface area (Å²) in [7, 11) is -1.74. The quantitative estimate of drug-likeness (QED) is 0.326. The SMILES string of the molecule is C[Si]1(C(CC(=O)OCc2ccccc2)C[N+](=O)[O-])CCCCC1. The fourth-order valence-electron chi connectivity index (χ4n) is 3.48. The molecule has 0 N–H and O–H groups in total. The highest BCUT2D eigenvalue weighted by molar-refractivity contribution is 6.80. The van der Waals surface area contributed by atoms with E-state index in [1.807, 2.05) is 30.3 Å². The maximum absolute atomic E-state index is 12.2. The van der Waals surface area contributed by atoms with Gasteiger partial charge in [0, 0.05) is 10.5 Å². The summed E-state index contributed by atoms with van der Waals surface area (Å²) in [4.78, 5) is 22.9. The molecule has 1 saturated heterocycles. The van der Waals surface area contributed by atoms with Gasteiger partial charge < -0.3 is 4.74 Å². The highest BCUT2D eigenvalue weighted by atomic mass is 28.3. The van der Waals surface area contributed by atoms with Crippen molar-refractivity contribution < 1.29 is 14.5 Å². The molecule has 1 aliphatic rings. The second kappa shape index (κ2) is 8.24. The summed E-state index contributed by atoms with van der Waals surface area (Å²) in [6.45, 7) is 2.37. The Labute approximate surface area is 138 Å². The summed E-state index contributed by atoms with van der Waals surface area (Å²) in [5, 5.41) is 11.0. The molecule has 1 aliphatic heterocycles. The lowest BCUT2D eigenvalue weighted by Crippen LogP contribution is -2.42. The monoisotopic (exact) mass is 335 g/mol. The van der Waals surface area contributed by atoms with E-state index < -0.39 is 8.07 Å². The first kappa shape index (κ1) is 17.7. The maximum Gasteiger partial charge on any atom is 0.306 e. The zero-order chi connectivity index (χ0) is 16.7. The van der Waals surface area contributed by atoms with Crippen LogP contribution in [0.15, 0.2) is 30.3 Å². The molecule has 0 saturated carbocycles. The molecule has 6 heteroatoms. The molecule has 0 amide bonds. The third-order valence-corrected chi connectivity index (χ3v) is 10.4. The van der Waals surface area contributed by atoms with Crippen molar-refractivity contribution in [3.05, 3.63) is 46.0 Å². The van der Waals surface area contributed by atoms with Gasteiger partial charge >= 0.3 is 5.97 Å². The Morgan fingerprint density at radius 3 is 2.52 bits per heavy atom. The summed E-state index contributed by atoms with van der Waals surface area (Å²) >= 11 is 0. The Bertz CT molecular complexity index is 529. The van der Waals surface area contributed by atoms with Crippen LogP contribution in [0.4, 0.5) is 0 Å². The van der Waals surface area contributed by atoms with Crippen molar-refractivity contribution in [2.24, 2.45) is 0 Å². The van der Waals surface area contributed by atoms with Gasteiger partial charge in [-0.1, -0.05) is 68.2 Å². The number of benzene rings is 1. The summed E-state index contributed by atoms with van der Waals surface area (Å²) < 4.78 is 5.34. The molecule has 5 nitrogen and oxygen atoms in total. The number of hydrogen-bond donors (Lipinski definition) is 0. The van der Waals surface area contributed by atoms with Crippen LogP contribution in [0.25, 0.3) is 0 Å². The van der Waals surface area contributed by atoms with Crippen molar-refractivity contribution in [3.8, 4) is 0 Å². The van der Waals surface area contributed by atoms with Crippen LogP contribution >= 0.6 is 0 Å². The van der Waals surface area contributed by atoms with E-state index in [-0.39, 0.29) is 36.0 Å². The number of esters is 1. The molecule has 1 heterocycles. The average Bonchev–Trinajstić information content (AvgIpc) is 2.54. The Hall–Kier alpha value is -1.69. The molecule has 0 aliphatic carbocycles. The van der Waals surface area contributed by atoms with Gasteiger partial charge in [-0.25, -0.2) is 0 Å². The second-order valence-corrected chi connectivity index (χ2v) is 11.9. The summed E-state index contributed by atoms with van der Waals surface area (Å²) in [6, 6.07) is 11.7. The second-order valence-electron chi connectivity index (χ2n) is 6.78. The van der Waals surface area contributed by atoms with Crippen LogP contribution < -0.4 is 0 Å². The molecule has 0 aromatic heterocycles. The van der Waals surface area contributed by atoms with Gasteiger partial charge in [-0.3, -0.25) is 14.9 Å². The van der Waals surface area contributed by atoms with Crippen LogP contribution in [0.2, 0.25) is 24.2 Å². The number of carbonyl (C=O) groups excluding carboxylic acids is 1. The molecule has 0 radical (unpaired) electrons. The normalized spacial score (nSPS) is 18.1. The van der Waals surface area contributed by atoms with E-state index in [1.165, 1.54) is 6.42 Å². The smallest absolute Gasteiger partial charge is 0.306 e. The molecular weight excluding hydrogens is 310 g/mol. The molecule has 1 aromatic carbocycles. The van der Waals surface area contributed by atoms with Crippen LogP contribution in [0, 0.1) is 10.1 Å². The molecule has 2 rings (SSSR count). The predicted octanol–water partition coefficient (Wildman–Crippen LogP) is 4.03.